The first kappa shape index (κ1) is 15.5. The molecule has 0 saturated carbocycles. The minimum absolute atomic E-state index is 0. The van der Waals surface area contributed by atoms with Gasteiger partial charge in [-0.3, -0.25) is 9.59 Å². The van der Waals surface area contributed by atoms with Crippen molar-refractivity contribution in [1.82, 2.24) is 0 Å². The third-order valence-corrected chi connectivity index (χ3v) is 2.42. The third-order valence-electron chi connectivity index (χ3n) is 2.17. The van der Waals surface area contributed by atoms with Crippen molar-refractivity contribution < 1.29 is 22.0 Å². The Kier molecular flexibility index (Phi) is 6.06. The second-order valence-corrected chi connectivity index (χ2v) is 3.42. The number of ketones is 1. The molecule has 16 heavy (non-hydrogen) atoms. The van der Waals surface area contributed by atoms with E-state index >= 15 is 0 Å². The zero-order valence-electron chi connectivity index (χ0n) is 8.30. The van der Waals surface area contributed by atoms with Gasteiger partial charge in [-0.1, -0.05) is 0 Å². The van der Waals surface area contributed by atoms with E-state index in [1.165, 1.54) is 0 Å². The molecule has 0 unspecified atom stereocenters. The van der Waals surface area contributed by atoms with Crippen LogP contribution in [0.5, 0.6) is 0 Å². The van der Waals surface area contributed by atoms with E-state index in [0.29, 0.717) is 12.0 Å². The first-order valence-electron chi connectivity index (χ1n) is 4.22. The van der Waals surface area contributed by atoms with Crippen molar-refractivity contribution in [1.29, 1.82) is 0 Å². The summed E-state index contributed by atoms with van der Waals surface area (Å²) in [6.45, 7) is 0. The Morgan fingerprint density at radius 3 is 2.75 bits per heavy atom. The number of halogens is 2. The minimum atomic E-state index is -0.117. The van der Waals surface area contributed by atoms with Gasteiger partial charge in [-0.25, -0.2) is 0 Å². The van der Waals surface area contributed by atoms with E-state index in [9.17, 15) is 9.59 Å². The summed E-state index contributed by atoms with van der Waals surface area (Å²) in [5, 5.41) is 2.70. The molecule has 3 nitrogen and oxygen atoms in total. The van der Waals surface area contributed by atoms with Crippen LogP contribution in [0.1, 0.15) is 15.9 Å². The Balaban J connectivity index is 0.00000112. The minimum Gasteiger partial charge on any atom is -1.00 e. The molecule has 1 aliphatic rings. The molecule has 1 aliphatic heterocycles. The molecular weight excluding hydrogens is 264 g/mol. The van der Waals surface area contributed by atoms with Crippen LogP contribution in [0.15, 0.2) is 18.2 Å². The molecule has 80 valence electrons. The number of alkyl halides is 1. The number of carbonyl (C=O) groups excluding carboxylic acids is 2. The van der Waals surface area contributed by atoms with Crippen LogP contribution in [0, 0.1) is 0 Å². The van der Waals surface area contributed by atoms with Crippen LogP contribution in [0.2, 0.25) is 0 Å². The number of fused-ring (bicyclic) bond motifs is 1. The number of hydrogen-bond acceptors (Lipinski definition) is 2. The smallest absolute Gasteiger partial charge is 1.00 e. The van der Waals surface area contributed by atoms with Crippen LogP contribution in [0.25, 0.3) is 0 Å². The van der Waals surface area contributed by atoms with Crippen molar-refractivity contribution in [3.63, 3.8) is 0 Å². The fraction of sp³-hybridized carbons (Fsp3) is 0.200. The molecule has 1 aromatic carbocycles. The third kappa shape index (κ3) is 2.99. The van der Waals surface area contributed by atoms with Crippen molar-refractivity contribution in [2.24, 2.45) is 0 Å². The van der Waals surface area contributed by atoms with Crippen LogP contribution >= 0.6 is 11.6 Å². The van der Waals surface area contributed by atoms with E-state index < -0.39 is 0 Å². The number of benzene rings is 1. The zero-order valence-corrected chi connectivity index (χ0v) is 11.0. The van der Waals surface area contributed by atoms with E-state index in [1.807, 2.05) is 0 Å². The molecule has 6 heteroatoms. The SMILES string of the molecule is O=C1Cc2cc(C(=O)CCl)ccc2N1.[Al+3].[Cl-]. The Bertz CT molecular complexity index is 423. The largest absolute Gasteiger partial charge is 3.00 e. The summed E-state index contributed by atoms with van der Waals surface area (Å²) in [5.41, 5.74) is 2.22. The summed E-state index contributed by atoms with van der Waals surface area (Å²) in [6, 6.07) is 5.13. The molecule has 0 aliphatic carbocycles. The Morgan fingerprint density at radius 2 is 2.12 bits per heavy atom. The fourth-order valence-corrected chi connectivity index (χ4v) is 1.63. The van der Waals surface area contributed by atoms with Gasteiger partial charge in [0.2, 0.25) is 5.91 Å². The molecular formula is C10H8AlCl2NO2+2. The normalized spacial score (nSPS) is 11.9. The van der Waals surface area contributed by atoms with Crippen molar-refractivity contribution in [3.05, 3.63) is 29.3 Å². The maximum atomic E-state index is 11.3. The van der Waals surface area contributed by atoms with Gasteiger partial charge < -0.3 is 17.7 Å². The Hall–Kier alpha value is -0.528. The summed E-state index contributed by atoms with van der Waals surface area (Å²) in [7, 11) is 0. The summed E-state index contributed by atoms with van der Waals surface area (Å²) in [4.78, 5) is 22.3. The Labute approximate surface area is 115 Å². The first-order chi connectivity index (χ1) is 6.70. The maximum Gasteiger partial charge on any atom is 3.00 e. The average Bonchev–Trinajstić information content (AvgIpc) is 2.55. The van der Waals surface area contributed by atoms with Gasteiger partial charge in [-0.15, -0.1) is 11.6 Å². The molecule has 1 heterocycles. The fourth-order valence-electron chi connectivity index (χ4n) is 1.48. The van der Waals surface area contributed by atoms with E-state index in [-0.39, 0.29) is 47.3 Å². The number of Topliss-reactive ketones (excluding diaryl/α,β-unsaturated/α-hetero) is 1. The first-order valence-corrected chi connectivity index (χ1v) is 4.76. The van der Waals surface area contributed by atoms with Crippen LogP contribution in [0.3, 0.4) is 0 Å². The molecule has 0 aromatic heterocycles. The van der Waals surface area contributed by atoms with Gasteiger partial charge in [-0.05, 0) is 23.8 Å². The molecule has 0 fully saturated rings. The average molecular weight is 272 g/mol. The quantitative estimate of drug-likeness (QED) is 0.393. The monoisotopic (exact) mass is 271 g/mol. The van der Waals surface area contributed by atoms with Gasteiger partial charge in [0.05, 0.1) is 12.3 Å². The molecule has 0 spiro atoms. The molecule has 1 N–H and O–H groups in total. The van der Waals surface area contributed by atoms with Gasteiger partial charge >= 0.3 is 17.4 Å². The van der Waals surface area contributed by atoms with Gasteiger partial charge in [0.1, 0.15) is 0 Å². The van der Waals surface area contributed by atoms with Gasteiger partial charge in [-0.2, -0.15) is 0 Å². The molecule has 0 bridgehead atoms. The zero-order chi connectivity index (χ0) is 10.1. The number of nitrogens with one attached hydrogen (secondary N) is 1. The topological polar surface area (TPSA) is 46.2 Å². The van der Waals surface area contributed by atoms with Gasteiger partial charge in [0.15, 0.2) is 5.78 Å². The van der Waals surface area contributed by atoms with Crippen molar-refractivity contribution in [2.75, 3.05) is 11.2 Å². The molecule has 1 amide bonds. The van der Waals surface area contributed by atoms with E-state index in [1.54, 1.807) is 18.2 Å². The summed E-state index contributed by atoms with van der Waals surface area (Å²) >= 11 is 5.43. The van der Waals surface area contributed by atoms with Crippen LogP contribution in [-0.4, -0.2) is 34.9 Å². The van der Waals surface area contributed by atoms with E-state index in [0.717, 1.165) is 11.3 Å². The predicted molar refractivity (Wildman–Crippen MR) is 59.6 cm³/mol. The summed E-state index contributed by atoms with van der Waals surface area (Å²) in [6.07, 6.45) is 0.346. The molecule has 0 saturated heterocycles. The predicted octanol–water partition coefficient (Wildman–Crippen LogP) is -1.77. The molecule has 0 radical (unpaired) electrons. The second kappa shape index (κ2) is 6.27. The van der Waals surface area contributed by atoms with Crippen molar-refractivity contribution >= 4 is 46.3 Å². The van der Waals surface area contributed by atoms with Crippen LogP contribution in [-0.2, 0) is 11.2 Å². The summed E-state index contributed by atoms with van der Waals surface area (Å²) in [5.74, 6) is -0.176. The number of hydrogen-bond donors (Lipinski definition) is 1. The number of rotatable bonds is 2. The van der Waals surface area contributed by atoms with E-state index in [4.69, 9.17) is 11.6 Å². The number of amides is 1. The Morgan fingerprint density at radius 1 is 1.44 bits per heavy atom. The number of anilines is 1. The summed E-state index contributed by atoms with van der Waals surface area (Å²) < 4.78 is 0. The van der Waals surface area contributed by atoms with Crippen molar-refractivity contribution in [3.8, 4) is 0 Å². The number of carbonyl (C=O) groups is 2. The maximum absolute atomic E-state index is 11.3. The van der Waals surface area contributed by atoms with Gasteiger partial charge in [0, 0.05) is 11.3 Å². The molecule has 2 rings (SSSR count). The van der Waals surface area contributed by atoms with E-state index in [2.05, 4.69) is 5.32 Å². The molecule has 0 atom stereocenters. The van der Waals surface area contributed by atoms with Crippen LogP contribution < -0.4 is 17.7 Å². The molecule has 1 aromatic rings. The van der Waals surface area contributed by atoms with Crippen LogP contribution in [0.4, 0.5) is 5.69 Å². The van der Waals surface area contributed by atoms with Crippen molar-refractivity contribution in [2.45, 2.75) is 6.42 Å². The standard InChI is InChI=1S/C10H8ClNO2.Al.ClH/c11-5-9(13)6-1-2-8-7(3-6)4-10(14)12-8;;/h1-3H,4-5H2,(H,12,14);;1H/q;+3;/p-1. The second-order valence-electron chi connectivity index (χ2n) is 3.15. The van der Waals surface area contributed by atoms with Gasteiger partial charge in [0.25, 0.3) is 0 Å².